The van der Waals surface area contributed by atoms with Gasteiger partial charge in [0.05, 0.1) is 17.1 Å². The van der Waals surface area contributed by atoms with Crippen molar-refractivity contribution in [3.63, 3.8) is 0 Å². The Morgan fingerprint density at radius 3 is 1.64 bits per heavy atom. The number of nitrogens with zero attached hydrogens (tertiary/aromatic N) is 2. The zero-order chi connectivity index (χ0) is 27.1. The van der Waals surface area contributed by atoms with E-state index in [9.17, 15) is 0 Å². The van der Waals surface area contributed by atoms with E-state index < -0.39 is 0 Å². The first-order valence-electron chi connectivity index (χ1n) is 15.4. The van der Waals surface area contributed by atoms with Gasteiger partial charge in [0.15, 0.2) is 0 Å². The molecule has 0 unspecified atom stereocenters. The fraction of sp³-hybridized carbons (Fsp3) is 0.500. The topological polar surface area (TPSA) is 24.7 Å². The number of aliphatic imine (C=N–C) groups is 2. The van der Waals surface area contributed by atoms with Gasteiger partial charge in [-0.3, -0.25) is 9.98 Å². The zero-order valence-corrected chi connectivity index (χ0v) is 26.4. The molecule has 39 heavy (non-hydrogen) atoms. The van der Waals surface area contributed by atoms with Crippen molar-refractivity contribution < 1.29 is 20.4 Å². The molecule has 2 aromatic rings. The Hall–Kier alpha value is -2.08. The minimum Gasteiger partial charge on any atom is -0.255 e. The fourth-order valence-corrected chi connectivity index (χ4v) is 4.46. The molecule has 0 N–H and O–H groups in total. The van der Waals surface area contributed by atoms with Gasteiger partial charge in [-0.25, -0.2) is 0 Å². The molecule has 0 aromatic heterocycles. The van der Waals surface area contributed by atoms with Crippen LogP contribution in [0.1, 0.15) is 115 Å². The summed E-state index contributed by atoms with van der Waals surface area (Å²) in [6.07, 6.45) is 29.0. The average molecular weight is 619 g/mol. The van der Waals surface area contributed by atoms with E-state index in [4.69, 9.17) is 9.98 Å². The van der Waals surface area contributed by atoms with Crippen molar-refractivity contribution in [1.82, 2.24) is 0 Å². The average Bonchev–Trinajstić information content (AvgIpc) is 2.94. The molecule has 0 aliphatic rings. The van der Waals surface area contributed by atoms with Crippen LogP contribution in [-0.2, 0) is 33.3 Å². The Morgan fingerprint density at radius 2 is 1.08 bits per heavy atom. The van der Waals surface area contributed by atoms with Crippen molar-refractivity contribution in [1.29, 1.82) is 0 Å². The Bertz CT molecular complexity index is 1000. The molecule has 0 aliphatic carbocycles. The maximum atomic E-state index is 5.12. The van der Waals surface area contributed by atoms with Gasteiger partial charge < -0.3 is 0 Å². The van der Waals surface area contributed by atoms with E-state index in [1.54, 1.807) is 0 Å². The fourth-order valence-electron chi connectivity index (χ4n) is 4.46. The molecule has 2 rings (SSSR count). The van der Waals surface area contributed by atoms with Crippen LogP contribution < -0.4 is 0 Å². The first kappa shape index (κ1) is 34.9. The van der Waals surface area contributed by atoms with Crippen LogP contribution >= 0.6 is 0 Å². The second kappa shape index (κ2) is 23.8. The molecule has 0 fully saturated rings. The number of aryl methyl sites for hydroxylation is 2. The van der Waals surface area contributed by atoms with Gasteiger partial charge in [-0.1, -0.05) is 114 Å². The van der Waals surface area contributed by atoms with Crippen LogP contribution in [0.15, 0.2) is 82.8 Å². The predicted molar refractivity (Wildman–Crippen MR) is 171 cm³/mol. The minimum atomic E-state index is 0. The number of allylic oxidation sites excluding steroid dienone is 4. The van der Waals surface area contributed by atoms with Crippen molar-refractivity contribution >= 4 is 23.3 Å². The summed E-state index contributed by atoms with van der Waals surface area (Å²) < 4.78 is 0. The van der Waals surface area contributed by atoms with E-state index in [1.165, 1.54) is 62.5 Å². The van der Waals surface area contributed by atoms with Gasteiger partial charge in [0.1, 0.15) is 0 Å². The Kier molecular flexibility index (Phi) is 21.3. The molecule has 3 heteroatoms. The monoisotopic (exact) mass is 618 g/mol. The molecule has 0 atom stereocenters. The van der Waals surface area contributed by atoms with E-state index in [1.807, 2.05) is 6.21 Å². The maximum absolute atomic E-state index is 5.12. The molecule has 2 aromatic carbocycles. The summed E-state index contributed by atoms with van der Waals surface area (Å²) in [4.78, 5) is 10.1. The van der Waals surface area contributed by atoms with E-state index in [0.717, 1.165) is 62.0 Å². The van der Waals surface area contributed by atoms with Gasteiger partial charge in [-0.15, -0.1) is 0 Å². The van der Waals surface area contributed by atoms with E-state index in [2.05, 4.69) is 93.6 Å². The number of hydrogen-bond acceptors (Lipinski definition) is 2. The third-order valence-electron chi connectivity index (χ3n) is 6.83. The van der Waals surface area contributed by atoms with E-state index in [-0.39, 0.29) is 20.4 Å². The third kappa shape index (κ3) is 15.9. The molecule has 216 valence electrons. The molecule has 2 nitrogen and oxygen atoms in total. The number of benzene rings is 2. The molecule has 0 saturated heterocycles. The molecule has 0 saturated carbocycles. The van der Waals surface area contributed by atoms with Crippen molar-refractivity contribution in [3.8, 4) is 0 Å². The molecule has 0 aliphatic heterocycles. The molecular formula is C36H52N2Pd. The Morgan fingerprint density at radius 1 is 0.590 bits per heavy atom. The van der Waals surface area contributed by atoms with Gasteiger partial charge in [-0.05, 0) is 87.5 Å². The minimum absolute atomic E-state index is 0. The number of rotatable bonds is 20. The SMILES string of the molecule is CCCCC/C=C/CCc1ccccc1/N=C(\C=N\c1ccccc1CC/C=C/CCCCC)CCCC.[Pd]. The molecule has 0 amide bonds. The summed E-state index contributed by atoms with van der Waals surface area (Å²) in [5.41, 5.74) is 5.85. The van der Waals surface area contributed by atoms with Crippen LogP contribution in [0.3, 0.4) is 0 Å². The summed E-state index contributed by atoms with van der Waals surface area (Å²) in [6, 6.07) is 17.2. The van der Waals surface area contributed by atoms with Gasteiger partial charge in [0.25, 0.3) is 0 Å². The van der Waals surface area contributed by atoms with Gasteiger partial charge in [0.2, 0.25) is 0 Å². The summed E-state index contributed by atoms with van der Waals surface area (Å²) in [6.45, 7) is 6.75. The van der Waals surface area contributed by atoms with Crippen molar-refractivity contribution in [2.75, 3.05) is 0 Å². The van der Waals surface area contributed by atoms with Crippen molar-refractivity contribution in [3.05, 3.63) is 84.0 Å². The zero-order valence-electron chi connectivity index (χ0n) is 24.8. The van der Waals surface area contributed by atoms with Crippen LogP contribution in [0, 0.1) is 0 Å². The van der Waals surface area contributed by atoms with Gasteiger partial charge in [0, 0.05) is 26.6 Å². The number of unbranched alkanes of at least 4 members (excludes halogenated alkanes) is 7. The largest absolute Gasteiger partial charge is 0.255 e. The third-order valence-corrected chi connectivity index (χ3v) is 6.83. The first-order chi connectivity index (χ1) is 18.8. The summed E-state index contributed by atoms with van der Waals surface area (Å²) in [5, 5.41) is 0. The van der Waals surface area contributed by atoms with Crippen molar-refractivity contribution in [2.24, 2.45) is 9.98 Å². The Balaban J connectivity index is 0.00000760. The molecule has 0 radical (unpaired) electrons. The van der Waals surface area contributed by atoms with E-state index in [0.29, 0.717) is 0 Å². The number of hydrogen-bond donors (Lipinski definition) is 0. The first-order valence-corrected chi connectivity index (χ1v) is 15.4. The van der Waals surface area contributed by atoms with Crippen LogP contribution in [0.5, 0.6) is 0 Å². The maximum Gasteiger partial charge on any atom is 0.0665 e. The smallest absolute Gasteiger partial charge is 0.0665 e. The second-order valence-electron chi connectivity index (χ2n) is 10.2. The Labute approximate surface area is 253 Å². The predicted octanol–water partition coefficient (Wildman–Crippen LogP) is 11.5. The standard InChI is InChI=1S/C36H52N2.Pd/c1-4-7-10-12-14-16-18-24-32-26-20-22-29-35(32)37-31-34(28-9-6-3)38-36-30-23-21-27-33(36)25-19-17-15-13-11-8-5-2;/h14-17,20-23,26-27,29-31H,4-13,18-19,24-25,28H2,1-3H3;/b16-14+,17-15+,37-31+,38-34-;. The molecule has 0 spiro atoms. The van der Waals surface area contributed by atoms with E-state index >= 15 is 0 Å². The normalized spacial score (nSPS) is 12.1. The molecular weight excluding hydrogens is 567 g/mol. The summed E-state index contributed by atoms with van der Waals surface area (Å²) in [7, 11) is 0. The summed E-state index contributed by atoms with van der Waals surface area (Å²) >= 11 is 0. The van der Waals surface area contributed by atoms with Crippen molar-refractivity contribution in [2.45, 2.75) is 117 Å². The number of para-hydroxylation sites is 2. The van der Waals surface area contributed by atoms with Crippen LogP contribution in [0.25, 0.3) is 0 Å². The van der Waals surface area contributed by atoms with Crippen LogP contribution in [-0.4, -0.2) is 11.9 Å². The quantitative estimate of drug-likeness (QED) is 0.0610. The molecule has 0 bridgehead atoms. The van der Waals surface area contributed by atoms with Crippen LogP contribution in [0.2, 0.25) is 0 Å². The van der Waals surface area contributed by atoms with Gasteiger partial charge >= 0.3 is 0 Å². The summed E-state index contributed by atoms with van der Waals surface area (Å²) in [5.74, 6) is 0. The second-order valence-corrected chi connectivity index (χ2v) is 10.2. The molecule has 0 heterocycles. The van der Waals surface area contributed by atoms with Crippen LogP contribution in [0.4, 0.5) is 11.4 Å². The van der Waals surface area contributed by atoms with Gasteiger partial charge in [-0.2, -0.15) is 0 Å².